The number of hydrogen-bond donors (Lipinski definition) is 3. The number of hydrogen-bond acceptors (Lipinski definition) is 4. The maximum absolute atomic E-state index is 12.3. The molecule has 3 N–H and O–H groups in total. The minimum absolute atomic E-state index is 0.115. The van der Waals surface area contributed by atoms with Crippen molar-refractivity contribution in [1.29, 1.82) is 0 Å². The number of nitrogens with zero attached hydrogens (tertiary/aromatic N) is 3. The lowest BCUT2D eigenvalue weighted by Crippen LogP contribution is -2.19. The quantitative estimate of drug-likeness (QED) is 0.483. The van der Waals surface area contributed by atoms with Crippen LogP contribution in [0.4, 0.5) is 0 Å². The van der Waals surface area contributed by atoms with Crippen LogP contribution in [0.15, 0.2) is 48.0 Å². The molecule has 0 bridgehead atoms. The largest absolute Gasteiger partial charge is 0.478 e. The van der Waals surface area contributed by atoms with Gasteiger partial charge in [-0.2, -0.15) is 5.10 Å². The molecule has 0 aliphatic rings. The molecule has 132 valence electrons. The molecule has 0 fully saturated rings. The second kappa shape index (κ2) is 7.06. The smallest absolute Gasteiger partial charge is 0.337 e. The fourth-order valence-electron chi connectivity index (χ4n) is 2.65. The molecule has 3 aromatic rings. The van der Waals surface area contributed by atoms with Gasteiger partial charge in [-0.1, -0.05) is 0 Å². The average Bonchev–Trinajstić information content (AvgIpc) is 3.24. The normalized spacial score (nSPS) is 11.0. The number of aromatic carboxylic acids is 1. The van der Waals surface area contributed by atoms with Crippen LogP contribution in [0.25, 0.3) is 5.69 Å². The van der Waals surface area contributed by atoms with Crippen LogP contribution >= 0.6 is 0 Å². The fourth-order valence-corrected chi connectivity index (χ4v) is 2.65. The van der Waals surface area contributed by atoms with E-state index in [0.29, 0.717) is 16.9 Å². The lowest BCUT2D eigenvalue weighted by atomic mass is 10.1. The first-order valence-corrected chi connectivity index (χ1v) is 7.82. The zero-order chi connectivity index (χ0) is 18.7. The summed E-state index contributed by atoms with van der Waals surface area (Å²) >= 11 is 0. The van der Waals surface area contributed by atoms with Crippen molar-refractivity contribution in [3.8, 4) is 5.69 Å². The summed E-state index contributed by atoms with van der Waals surface area (Å²) in [4.78, 5) is 30.6. The Balaban J connectivity index is 1.93. The van der Waals surface area contributed by atoms with Gasteiger partial charge in [-0.15, -0.1) is 0 Å². The Labute approximate surface area is 149 Å². The summed E-state index contributed by atoms with van der Waals surface area (Å²) in [6.45, 7) is 3.75. The van der Waals surface area contributed by atoms with Gasteiger partial charge < -0.3 is 14.7 Å². The van der Waals surface area contributed by atoms with Crippen molar-refractivity contribution in [2.24, 2.45) is 5.10 Å². The van der Waals surface area contributed by atoms with E-state index in [4.69, 9.17) is 0 Å². The van der Waals surface area contributed by atoms with Gasteiger partial charge in [-0.05, 0) is 44.2 Å². The number of rotatable bonds is 5. The topological polar surface area (TPSA) is 112 Å². The Morgan fingerprint density at radius 2 is 1.96 bits per heavy atom. The van der Waals surface area contributed by atoms with Gasteiger partial charge in [0, 0.05) is 23.1 Å². The maximum atomic E-state index is 12.3. The Hall–Kier alpha value is -3.68. The SMILES string of the molecule is Cc1ccc(C)n1-c1cc(C(=O)N/N=C/c2c[nH]cn2)ccc1C(=O)O. The van der Waals surface area contributed by atoms with E-state index in [0.717, 1.165) is 11.4 Å². The highest BCUT2D eigenvalue weighted by atomic mass is 16.4. The molecule has 0 radical (unpaired) electrons. The van der Waals surface area contributed by atoms with E-state index in [1.165, 1.54) is 24.7 Å². The van der Waals surface area contributed by atoms with Crippen molar-refractivity contribution in [1.82, 2.24) is 20.0 Å². The molecule has 8 nitrogen and oxygen atoms in total. The summed E-state index contributed by atoms with van der Waals surface area (Å²) in [5.74, 6) is -1.51. The molecule has 0 atom stereocenters. The number of imidazole rings is 1. The standard InChI is InChI=1S/C18H17N5O3/c1-11-3-4-12(2)23(11)16-7-13(5-6-15(16)18(25)26)17(24)22-21-9-14-8-19-10-20-14/h3-10H,1-2H3,(H,19,20)(H,22,24)(H,25,26)/b21-9+. The summed E-state index contributed by atoms with van der Waals surface area (Å²) in [6.07, 6.45) is 4.54. The van der Waals surface area contributed by atoms with E-state index in [9.17, 15) is 14.7 Å². The fraction of sp³-hybridized carbons (Fsp3) is 0.111. The van der Waals surface area contributed by atoms with Crippen LogP contribution in [0.2, 0.25) is 0 Å². The first kappa shape index (κ1) is 17.2. The van der Waals surface area contributed by atoms with Crippen molar-refractivity contribution >= 4 is 18.1 Å². The monoisotopic (exact) mass is 351 g/mol. The molecule has 1 amide bonds. The third kappa shape index (κ3) is 3.39. The molecule has 0 saturated carbocycles. The highest BCUT2D eigenvalue weighted by Crippen LogP contribution is 2.22. The van der Waals surface area contributed by atoms with Crippen molar-refractivity contribution in [3.05, 3.63) is 71.1 Å². The summed E-state index contributed by atoms with van der Waals surface area (Å²) in [6, 6.07) is 8.20. The number of nitrogens with one attached hydrogen (secondary N) is 2. The van der Waals surface area contributed by atoms with E-state index in [1.807, 2.05) is 26.0 Å². The molecule has 0 saturated heterocycles. The number of carboxylic acids is 1. The van der Waals surface area contributed by atoms with Gasteiger partial charge in [0.05, 0.1) is 23.8 Å². The highest BCUT2D eigenvalue weighted by Gasteiger charge is 2.17. The van der Waals surface area contributed by atoms with Gasteiger partial charge in [-0.25, -0.2) is 15.2 Å². The third-order valence-corrected chi connectivity index (χ3v) is 3.88. The predicted molar refractivity (Wildman–Crippen MR) is 95.9 cm³/mol. The summed E-state index contributed by atoms with van der Waals surface area (Å²) in [5, 5.41) is 13.3. The van der Waals surface area contributed by atoms with Crippen molar-refractivity contribution in [2.75, 3.05) is 0 Å². The van der Waals surface area contributed by atoms with Crippen LogP contribution in [-0.2, 0) is 0 Å². The number of carbonyl (C=O) groups is 2. The molecule has 0 aliphatic carbocycles. The number of aromatic amines is 1. The van der Waals surface area contributed by atoms with Gasteiger partial charge in [-0.3, -0.25) is 4.79 Å². The Morgan fingerprint density at radius 3 is 2.58 bits per heavy atom. The highest BCUT2D eigenvalue weighted by molar-refractivity contribution is 5.98. The molecule has 0 spiro atoms. The number of aryl methyl sites for hydroxylation is 2. The van der Waals surface area contributed by atoms with Crippen LogP contribution in [-0.4, -0.2) is 37.7 Å². The molecule has 0 aliphatic heterocycles. The van der Waals surface area contributed by atoms with Crippen LogP contribution in [0.5, 0.6) is 0 Å². The zero-order valence-corrected chi connectivity index (χ0v) is 14.2. The van der Waals surface area contributed by atoms with Gasteiger partial charge in [0.1, 0.15) is 5.69 Å². The van der Waals surface area contributed by atoms with Crippen LogP contribution in [0.3, 0.4) is 0 Å². The third-order valence-electron chi connectivity index (χ3n) is 3.88. The van der Waals surface area contributed by atoms with Gasteiger partial charge in [0.15, 0.2) is 0 Å². The summed E-state index contributed by atoms with van der Waals surface area (Å²) in [7, 11) is 0. The second-order valence-corrected chi connectivity index (χ2v) is 5.68. The van der Waals surface area contributed by atoms with E-state index < -0.39 is 11.9 Å². The molecule has 8 heteroatoms. The average molecular weight is 351 g/mol. The molecule has 1 aromatic carbocycles. The minimum Gasteiger partial charge on any atom is -0.478 e. The molecule has 3 rings (SSSR count). The van der Waals surface area contributed by atoms with E-state index in [-0.39, 0.29) is 5.56 Å². The number of carboxylic acid groups (broad SMARTS) is 1. The first-order chi connectivity index (χ1) is 12.5. The van der Waals surface area contributed by atoms with Crippen LogP contribution in [0, 0.1) is 13.8 Å². The number of amides is 1. The van der Waals surface area contributed by atoms with Gasteiger partial charge in [0.2, 0.25) is 0 Å². The van der Waals surface area contributed by atoms with Crippen LogP contribution < -0.4 is 5.43 Å². The lowest BCUT2D eigenvalue weighted by Gasteiger charge is -2.14. The second-order valence-electron chi connectivity index (χ2n) is 5.68. The van der Waals surface area contributed by atoms with E-state index >= 15 is 0 Å². The molecule has 2 aromatic heterocycles. The number of hydrazone groups is 1. The molecule has 26 heavy (non-hydrogen) atoms. The van der Waals surface area contributed by atoms with Crippen molar-refractivity contribution in [2.45, 2.75) is 13.8 Å². The van der Waals surface area contributed by atoms with Crippen molar-refractivity contribution in [3.63, 3.8) is 0 Å². The lowest BCUT2D eigenvalue weighted by molar-refractivity contribution is 0.0696. The Bertz CT molecular complexity index is 967. The molecular weight excluding hydrogens is 334 g/mol. The van der Waals surface area contributed by atoms with E-state index in [2.05, 4.69) is 20.5 Å². The predicted octanol–water partition coefficient (Wildman–Crippen LogP) is 2.28. The van der Waals surface area contributed by atoms with Crippen LogP contribution in [0.1, 0.15) is 37.8 Å². The van der Waals surface area contributed by atoms with Gasteiger partial charge in [0.25, 0.3) is 5.91 Å². The molecule has 2 heterocycles. The summed E-state index contributed by atoms with van der Waals surface area (Å²) in [5.41, 5.74) is 5.58. The van der Waals surface area contributed by atoms with E-state index in [1.54, 1.807) is 16.8 Å². The first-order valence-electron chi connectivity index (χ1n) is 7.82. The van der Waals surface area contributed by atoms with Gasteiger partial charge >= 0.3 is 5.97 Å². The number of H-pyrrole nitrogens is 1. The maximum Gasteiger partial charge on any atom is 0.337 e. The Kier molecular flexibility index (Phi) is 4.66. The Morgan fingerprint density at radius 1 is 1.23 bits per heavy atom. The minimum atomic E-state index is -1.06. The number of aromatic nitrogens is 3. The number of carbonyl (C=O) groups excluding carboxylic acids is 1. The molecule has 0 unspecified atom stereocenters. The summed E-state index contributed by atoms with van der Waals surface area (Å²) < 4.78 is 1.80. The van der Waals surface area contributed by atoms with Crippen molar-refractivity contribution < 1.29 is 14.7 Å². The molecular formula is C18H17N5O3. The zero-order valence-electron chi connectivity index (χ0n) is 14.2. The number of benzene rings is 1.